The molecule has 0 aliphatic rings. The molecule has 0 unspecified atom stereocenters. The van der Waals surface area contributed by atoms with Crippen molar-refractivity contribution in [1.82, 2.24) is 4.98 Å². The third-order valence-electron chi connectivity index (χ3n) is 2.82. The summed E-state index contributed by atoms with van der Waals surface area (Å²) in [7, 11) is 0. The number of anilines is 1. The molecule has 4 nitrogen and oxygen atoms in total. The first kappa shape index (κ1) is 15.6. The number of carbonyl (C=O) groups is 1. The molecule has 3 aromatic rings. The summed E-state index contributed by atoms with van der Waals surface area (Å²) >= 11 is 2.85. The van der Waals surface area contributed by atoms with Gasteiger partial charge in [0, 0.05) is 10.9 Å². The Hall–Kier alpha value is -2.32. The van der Waals surface area contributed by atoms with Crippen molar-refractivity contribution >= 4 is 33.7 Å². The number of benzene rings is 1. The largest absolute Gasteiger partial charge is 0.435 e. The topological polar surface area (TPSA) is 51.2 Å². The van der Waals surface area contributed by atoms with Gasteiger partial charge in [0.05, 0.1) is 10.6 Å². The molecule has 0 saturated heterocycles. The molecule has 3 rings (SSSR count). The molecule has 1 aromatic carbocycles. The summed E-state index contributed by atoms with van der Waals surface area (Å²) in [4.78, 5) is 17.5. The van der Waals surface area contributed by atoms with Crippen molar-refractivity contribution in [3.63, 3.8) is 0 Å². The molecule has 0 bridgehead atoms. The third kappa shape index (κ3) is 3.91. The number of hydrogen-bond donors (Lipinski definition) is 1. The number of thiazole rings is 1. The zero-order chi connectivity index (χ0) is 16.2. The standard InChI is InChI=1S/C15H10F2N2O2S2/c16-14(17)21-10-4-1-3-9(7-10)13(20)19-15-18-11(8-23-15)12-5-2-6-22-12/h1-8,14H,(H,18,19,20). The van der Waals surface area contributed by atoms with Gasteiger partial charge in [0.2, 0.25) is 0 Å². The highest BCUT2D eigenvalue weighted by atomic mass is 32.1. The number of nitrogens with zero attached hydrogens (tertiary/aromatic N) is 1. The van der Waals surface area contributed by atoms with Crippen molar-refractivity contribution in [2.45, 2.75) is 6.61 Å². The fraction of sp³-hybridized carbons (Fsp3) is 0.0667. The van der Waals surface area contributed by atoms with Crippen molar-refractivity contribution < 1.29 is 18.3 Å². The number of thiophene rings is 1. The SMILES string of the molecule is O=C(Nc1nc(-c2cccs2)cs1)c1cccc(OC(F)F)c1. The average Bonchev–Trinajstić information content (AvgIpc) is 3.17. The predicted molar refractivity (Wildman–Crippen MR) is 86.5 cm³/mol. The molecule has 0 aliphatic heterocycles. The van der Waals surface area contributed by atoms with Crippen LogP contribution in [0, 0.1) is 0 Å². The number of halogens is 2. The van der Waals surface area contributed by atoms with Gasteiger partial charge in [-0.15, -0.1) is 22.7 Å². The lowest BCUT2D eigenvalue weighted by Gasteiger charge is -2.06. The van der Waals surface area contributed by atoms with Gasteiger partial charge in [0.1, 0.15) is 5.75 Å². The van der Waals surface area contributed by atoms with E-state index in [0.29, 0.717) is 5.13 Å². The van der Waals surface area contributed by atoms with Crippen LogP contribution in [0.25, 0.3) is 10.6 Å². The predicted octanol–water partition coefficient (Wildman–Crippen LogP) is 4.73. The van der Waals surface area contributed by atoms with Gasteiger partial charge >= 0.3 is 6.61 Å². The zero-order valence-corrected chi connectivity index (χ0v) is 13.2. The minimum absolute atomic E-state index is 0.0638. The van der Waals surface area contributed by atoms with Crippen molar-refractivity contribution in [3.8, 4) is 16.3 Å². The third-order valence-corrected chi connectivity index (χ3v) is 4.47. The second kappa shape index (κ2) is 6.84. The molecule has 2 aromatic heterocycles. The summed E-state index contributed by atoms with van der Waals surface area (Å²) < 4.78 is 28.7. The van der Waals surface area contributed by atoms with Gasteiger partial charge in [-0.25, -0.2) is 4.98 Å². The highest BCUT2D eigenvalue weighted by Crippen LogP contribution is 2.28. The van der Waals surface area contributed by atoms with E-state index in [1.807, 2.05) is 22.9 Å². The van der Waals surface area contributed by atoms with Crippen LogP contribution in [0.2, 0.25) is 0 Å². The number of carbonyl (C=O) groups excluding carboxylic acids is 1. The Morgan fingerprint density at radius 2 is 2.09 bits per heavy atom. The number of rotatable bonds is 5. The molecule has 23 heavy (non-hydrogen) atoms. The smallest absolute Gasteiger partial charge is 0.387 e. The zero-order valence-electron chi connectivity index (χ0n) is 11.5. The Bertz CT molecular complexity index is 803. The molecule has 8 heteroatoms. The Morgan fingerprint density at radius 3 is 2.83 bits per heavy atom. The molecular formula is C15H10F2N2O2S2. The van der Waals surface area contributed by atoms with E-state index in [1.54, 1.807) is 11.3 Å². The maximum absolute atomic E-state index is 12.2. The summed E-state index contributed by atoms with van der Waals surface area (Å²) in [5.41, 5.74) is 1.01. The molecule has 1 N–H and O–H groups in total. The van der Waals surface area contributed by atoms with Gasteiger partial charge in [0.25, 0.3) is 5.91 Å². The van der Waals surface area contributed by atoms with Crippen LogP contribution in [0.15, 0.2) is 47.2 Å². The van der Waals surface area contributed by atoms with E-state index in [1.165, 1.54) is 35.6 Å². The van der Waals surface area contributed by atoms with Crippen LogP contribution in [0.1, 0.15) is 10.4 Å². The van der Waals surface area contributed by atoms with Crippen LogP contribution in [-0.2, 0) is 0 Å². The van der Waals surface area contributed by atoms with Crippen molar-refractivity contribution in [2.24, 2.45) is 0 Å². The van der Waals surface area contributed by atoms with Crippen molar-refractivity contribution in [3.05, 3.63) is 52.7 Å². The van der Waals surface area contributed by atoms with Crippen LogP contribution in [-0.4, -0.2) is 17.5 Å². The normalized spacial score (nSPS) is 10.7. The van der Waals surface area contributed by atoms with E-state index >= 15 is 0 Å². The lowest BCUT2D eigenvalue weighted by Crippen LogP contribution is -2.12. The summed E-state index contributed by atoms with van der Waals surface area (Å²) in [6.07, 6.45) is 0. The second-order valence-corrected chi connectivity index (χ2v) is 6.18. The van der Waals surface area contributed by atoms with Gasteiger partial charge in [-0.3, -0.25) is 10.1 Å². The molecule has 1 amide bonds. The van der Waals surface area contributed by atoms with Gasteiger partial charge in [-0.1, -0.05) is 12.1 Å². The summed E-state index contributed by atoms with van der Waals surface area (Å²) in [6.45, 7) is -2.93. The average molecular weight is 352 g/mol. The number of hydrogen-bond acceptors (Lipinski definition) is 5. The molecule has 0 spiro atoms. The van der Waals surface area contributed by atoms with Crippen LogP contribution in [0.5, 0.6) is 5.75 Å². The number of nitrogens with one attached hydrogen (secondary N) is 1. The van der Waals surface area contributed by atoms with Crippen molar-refractivity contribution in [2.75, 3.05) is 5.32 Å². The fourth-order valence-electron chi connectivity index (χ4n) is 1.85. The van der Waals surface area contributed by atoms with E-state index in [0.717, 1.165) is 10.6 Å². The van der Waals surface area contributed by atoms with Crippen LogP contribution in [0.3, 0.4) is 0 Å². The van der Waals surface area contributed by atoms with Gasteiger partial charge in [-0.05, 0) is 29.6 Å². The summed E-state index contributed by atoms with van der Waals surface area (Å²) in [5, 5.41) is 6.89. The molecular weight excluding hydrogens is 342 g/mol. The molecule has 2 heterocycles. The van der Waals surface area contributed by atoms with Gasteiger partial charge in [-0.2, -0.15) is 8.78 Å². The highest BCUT2D eigenvalue weighted by Gasteiger charge is 2.12. The lowest BCUT2D eigenvalue weighted by molar-refractivity contribution is -0.0498. The molecule has 0 saturated carbocycles. The maximum Gasteiger partial charge on any atom is 0.387 e. The van der Waals surface area contributed by atoms with Crippen LogP contribution < -0.4 is 10.1 Å². The fourth-order valence-corrected chi connectivity index (χ4v) is 3.32. The minimum atomic E-state index is -2.93. The molecule has 0 radical (unpaired) electrons. The van der Waals surface area contributed by atoms with Gasteiger partial charge < -0.3 is 4.74 Å². The molecule has 0 fully saturated rings. The Labute approximate surface area is 138 Å². The van der Waals surface area contributed by atoms with E-state index in [9.17, 15) is 13.6 Å². The second-order valence-electron chi connectivity index (χ2n) is 4.38. The Morgan fingerprint density at radius 1 is 1.22 bits per heavy atom. The maximum atomic E-state index is 12.2. The van der Waals surface area contributed by atoms with Crippen molar-refractivity contribution in [1.29, 1.82) is 0 Å². The Balaban J connectivity index is 1.72. The summed E-state index contributed by atoms with van der Waals surface area (Å²) in [6, 6.07) is 9.48. The summed E-state index contributed by atoms with van der Waals surface area (Å²) in [5.74, 6) is -0.497. The Kier molecular flexibility index (Phi) is 4.63. The molecule has 118 valence electrons. The van der Waals surface area contributed by atoms with E-state index in [4.69, 9.17) is 0 Å². The first-order chi connectivity index (χ1) is 11.1. The highest BCUT2D eigenvalue weighted by molar-refractivity contribution is 7.16. The van der Waals surface area contributed by atoms with Crippen LogP contribution >= 0.6 is 22.7 Å². The van der Waals surface area contributed by atoms with E-state index in [2.05, 4.69) is 15.0 Å². The van der Waals surface area contributed by atoms with E-state index < -0.39 is 12.5 Å². The quantitative estimate of drug-likeness (QED) is 0.722. The molecule has 0 aliphatic carbocycles. The number of ether oxygens (including phenoxy) is 1. The number of alkyl halides is 2. The minimum Gasteiger partial charge on any atom is -0.435 e. The molecule has 0 atom stereocenters. The monoisotopic (exact) mass is 352 g/mol. The number of amides is 1. The van der Waals surface area contributed by atoms with Crippen LogP contribution in [0.4, 0.5) is 13.9 Å². The first-order valence-electron chi connectivity index (χ1n) is 6.47. The van der Waals surface area contributed by atoms with Gasteiger partial charge in [0.15, 0.2) is 5.13 Å². The van der Waals surface area contributed by atoms with E-state index in [-0.39, 0.29) is 11.3 Å². The first-order valence-corrected chi connectivity index (χ1v) is 8.23. The lowest BCUT2D eigenvalue weighted by atomic mass is 10.2. The number of aromatic nitrogens is 1.